The van der Waals surface area contributed by atoms with Crippen molar-refractivity contribution in [1.29, 1.82) is 0 Å². The molecule has 0 bridgehead atoms. The molecule has 0 aliphatic heterocycles. The number of hydrogen-bond acceptors (Lipinski definition) is 10. The lowest BCUT2D eigenvalue weighted by Gasteiger charge is -2.72. The van der Waals surface area contributed by atoms with Gasteiger partial charge in [0.1, 0.15) is 18.8 Å². The maximum Gasteiger partial charge on any atom is 0.303 e. The molecule has 0 unspecified atom stereocenters. The predicted molar refractivity (Wildman–Crippen MR) is 176 cm³/mol. The van der Waals surface area contributed by atoms with Crippen molar-refractivity contribution in [2.45, 2.75) is 139 Å². The van der Waals surface area contributed by atoms with E-state index in [1.165, 1.54) is 33.3 Å². The Morgan fingerprint density at radius 2 is 1.40 bits per heavy atom. The van der Waals surface area contributed by atoms with E-state index in [4.69, 9.17) is 18.9 Å². The summed E-state index contributed by atoms with van der Waals surface area (Å²) in [4.78, 5) is 49.6. The number of aliphatic hydroxyl groups is 2. The summed E-state index contributed by atoms with van der Waals surface area (Å²) >= 11 is 0. The third kappa shape index (κ3) is 5.25. The van der Waals surface area contributed by atoms with Crippen LogP contribution in [0.5, 0.6) is 0 Å². The zero-order valence-electron chi connectivity index (χ0n) is 30.6. The lowest BCUT2D eigenvalue weighted by atomic mass is 9.33. The highest BCUT2D eigenvalue weighted by atomic mass is 16.6. The van der Waals surface area contributed by atoms with Gasteiger partial charge in [-0.05, 0) is 78.9 Å². The third-order valence-corrected chi connectivity index (χ3v) is 14.6. The molecule has 5 aliphatic carbocycles. The summed E-state index contributed by atoms with van der Waals surface area (Å²) in [6, 6.07) is 0. The monoisotopic (exact) mass is 674 g/mol. The quantitative estimate of drug-likeness (QED) is 0.216. The molecule has 0 aromatic heterocycles. The first-order valence-corrected chi connectivity index (χ1v) is 17.8. The highest BCUT2D eigenvalue weighted by molar-refractivity contribution is 5.68. The lowest BCUT2D eigenvalue weighted by Crippen LogP contribution is -2.72. The zero-order valence-corrected chi connectivity index (χ0v) is 30.6. The van der Waals surface area contributed by atoms with Crippen LogP contribution in [0.15, 0.2) is 11.6 Å². The van der Waals surface area contributed by atoms with Crippen molar-refractivity contribution in [3.05, 3.63) is 11.6 Å². The lowest BCUT2D eigenvalue weighted by molar-refractivity contribution is -0.269. The summed E-state index contributed by atoms with van der Waals surface area (Å²) in [6.45, 7) is 18.2. The average Bonchev–Trinajstić information content (AvgIpc) is 2.96. The molecule has 10 nitrogen and oxygen atoms in total. The molecule has 0 heterocycles. The van der Waals surface area contributed by atoms with Gasteiger partial charge in [0.2, 0.25) is 0 Å². The molecule has 5 aliphatic rings. The van der Waals surface area contributed by atoms with Gasteiger partial charge in [0.05, 0.1) is 18.1 Å². The molecular weight excluding hydrogens is 616 g/mol. The van der Waals surface area contributed by atoms with Crippen LogP contribution in [0.4, 0.5) is 0 Å². The second-order valence-electron chi connectivity index (χ2n) is 17.5. The van der Waals surface area contributed by atoms with Crippen molar-refractivity contribution < 1.29 is 48.3 Å². The largest absolute Gasteiger partial charge is 0.465 e. The zero-order chi connectivity index (χ0) is 35.8. The Hall–Kier alpha value is -2.46. The van der Waals surface area contributed by atoms with Crippen molar-refractivity contribution >= 4 is 23.9 Å². The van der Waals surface area contributed by atoms with Gasteiger partial charge in [-0.2, -0.15) is 0 Å². The fraction of sp³-hybridized carbons (Fsp3) is 0.842. The van der Waals surface area contributed by atoms with E-state index < -0.39 is 57.9 Å². The van der Waals surface area contributed by atoms with E-state index in [1.807, 2.05) is 13.8 Å². The minimum Gasteiger partial charge on any atom is -0.465 e. The van der Waals surface area contributed by atoms with E-state index in [0.717, 1.165) is 25.7 Å². The third-order valence-electron chi connectivity index (χ3n) is 14.6. The van der Waals surface area contributed by atoms with E-state index in [1.54, 1.807) is 0 Å². The summed E-state index contributed by atoms with van der Waals surface area (Å²) in [7, 11) is 0. The number of hydrogen-bond donors (Lipinski definition) is 2. The summed E-state index contributed by atoms with van der Waals surface area (Å²) < 4.78 is 23.5. The first-order chi connectivity index (χ1) is 22.1. The van der Waals surface area contributed by atoms with Gasteiger partial charge in [0.25, 0.3) is 0 Å². The van der Waals surface area contributed by atoms with Crippen molar-refractivity contribution in [3.63, 3.8) is 0 Å². The molecule has 0 saturated heterocycles. The van der Waals surface area contributed by atoms with Gasteiger partial charge in [-0.1, -0.05) is 53.2 Å². The van der Waals surface area contributed by atoms with Crippen molar-refractivity contribution in [2.75, 3.05) is 13.2 Å². The Labute approximate surface area is 285 Å². The predicted octanol–water partition coefficient (Wildman–Crippen LogP) is 5.31. The number of rotatable bonds is 6. The minimum absolute atomic E-state index is 0.0669. The molecule has 5 rings (SSSR count). The van der Waals surface area contributed by atoms with E-state index in [2.05, 4.69) is 33.8 Å². The van der Waals surface area contributed by atoms with E-state index >= 15 is 0 Å². The van der Waals surface area contributed by atoms with Crippen LogP contribution in [0.2, 0.25) is 0 Å². The normalized spacial score (nSPS) is 45.9. The number of aliphatic hydroxyl groups excluding tert-OH is 2. The van der Waals surface area contributed by atoms with Gasteiger partial charge in [-0.3, -0.25) is 19.2 Å². The topological polar surface area (TPSA) is 146 Å². The molecule has 0 amide bonds. The first-order valence-electron chi connectivity index (χ1n) is 17.8. The second kappa shape index (κ2) is 12.1. The Morgan fingerprint density at radius 3 is 1.96 bits per heavy atom. The van der Waals surface area contributed by atoms with Crippen LogP contribution in [0.3, 0.4) is 0 Å². The molecule has 48 heavy (non-hydrogen) atoms. The van der Waals surface area contributed by atoms with Crippen LogP contribution in [-0.4, -0.2) is 71.7 Å². The van der Waals surface area contributed by atoms with Gasteiger partial charge < -0.3 is 29.2 Å². The number of esters is 4. The number of carbonyl (C=O) groups is 4. The van der Waals surface area contributed by atoms with E-state index in [9.17, 15) is 29.4 Å². The number of ether oxygens (including phenoxy) is 4. The molecule has 0 aromatic carbocycles. The summed E-state index contributed by atoms with van der Waals surface area (Å²) in [5.74, 6) is -1.89. The van der Waals surface area contributed by atoms with Crippen LogP contribution in [0.25, 0.3) is 0 Å². The summed E-state index contributed by atoms with van der Waals surface area (Å²) in [5, 5.41) is 23.4. The smallest absolute Gasteiger partial charge is 0.303 e. The van der Waals surface area contributed by atoms with Gasteiger partial charge in [0.15, 0.2) is 6.10 Å². The fourth-order valence-corrected chi connectivity index (χ4v) is 12.2. The summed E-state index contributed by atoms with van der Waals surface area (Å²) in [5.41, 5.74) is -2.13. The highest BCUT2D eigenvalue weighted by Crippen LogP contribution is 2.76. The van der Waals surface area contributed by atoms with Crippen molar-refractivity contribution in [2.24, 2.45) is 50.2 Å². The maximum atomic E-state index is 12.7. The highest BCUT2D eigenvalue weighted by Gasteiger charge is 2.74. The Bertz CT molecular complexity index is 1370. The molecule has 2 N–H and O–H groups in total. The molecule has 0 spiro atoms. The minimum atomic E-state index is -1.24. The van der Waals surface area contributed by atoms with Crippen molar-refractivity contribution in [1.82, 2.24) is 0 Å². The SMILES string of the molecule is CC(=O)OC[C@@]12[C@H](O)C[C@]3(C)C(=CC[C@@H]4[C@@]5(C)CC[C@H](OC(C)=O)[C@@](C)(CO)[C@@H]5CC[C@]43C)[C@@H]1CC(C)(C)[C@@H](OC(C)=O)[C@@H]2OC(C)=O. The summed E-state index contributed by atoms with van der Waals surface area (Å²) in [6.07, 6.45) is 3.94. The van der Waals surface area contributed by atoms with E-state index in [-0.39, 0.29) is 53.9 Å². The molecule has 4 fully saturated rings. The maximum absolute atomic E-state index is 12.7. The Morgan fingerprint density at radius 1 is 0.792 bits per heavy atom. The van der Waals surface area contributed by atoms with Crippen LogP contribution in [0, 0.1) is 50.2 Å². The molecule has 0 aromatic rings. The van der Waals surface area contributed by atoms with Gasteiger partial charge >= 0.3 is 23.9 Å². The van der Waals surface area contributed by atoms with Gasteiger partial charge in [0, 0.05) is 38.5 Å². The molecule has 12 atom stereocenters. The standard InChI is InChI=1S/C38H58O10/c1-21(40)45-20-38-26(17-33(5,6)31(47-23(3)42)32(38)48-24(4)43)25-11-12-28-34(7)15-14-30(46-22(2)41)35(8,19-39)27(34)13-16-36(28,9)37(25,10)18-29(38)44/h11,26-32,39,44H,12-20H2,1-10H3/t26-,27+,28+,29+,30-,31-,32-,34-,35-,36+,37+,38-/m0/s1. The first kappa shape index (κ1) is 36.8. The van der Waals surface area contributed by atoms with Crippen LogP contribution < -0.4 is 0 Å². The van der Waals surface area contributed by atoms with Gasteiger partial charge in [-0.15, -0.1) is 0 Å². The second-order valence-corrected chi connectivity index (χ2v) is 17.5. The Balaban J connectivity index is 1.65. The fourth-order valence-electron chi connectivity index (χ4n) is 12.2. The molecular formula is C38H58O10. The molecule has 4 saturated carbocycles. The van der Waals surface area contributed by atoms with Gasteiger partial charge in [-0.25, -0.2) is 0 Å². The Kier molecular flexibility index (Phi) is 9.28. The average molecular weight is 675 g/mol. The van der Waals surface area contributed by atoms with E-state index in [0.29, 0.717) is 19.3 Å². The van der Waals surface area contributed by atoms with Crippen LogP contribution in [-0.2, 0) is 38.1 Å². The van der Waals surface area contributed by atoms with Crippen molar-refractivity contribution in [3.8, 4) is 0 Å². The number of fused-ring (bicyclic) bond motifs is 7. The number of carbonyl (C=O) groups excluding carboxylic acids is 4. The van der Waals surface area contributed by atoms with Crippen LogP contribution >= 0.6 is 0 Å². The molecule has 0 radical (unpaired) electrons. The molecule has 10 heteroatoms. The van der Waals surface area contributed by atoms with Crippen LogP contribution in [0.1, 0.15) is 114 Å². The number of allylic oxidation sites excluding steroid dienone is 2. The molecule has 270 valence electrons.